The topological polar surface area (TPSA) is 67.2 Å². The molecule has 3 atom stereocenters. The van der Waals surface area contributed by atoms with Crippen LogP contribution in [0.5, 0.6) is 0 Å². The molecule has 0 saturated carbocycles. The summed E-state index contributed by atoms with van der Waals surface area (Å²) in [5.41, 5.74) is 1.93. The normalized spacial score (nSPS) is 18.8. The predicted molar refractivity (Wildman–Crippen MR) is 124 cm³/mol. The molecule has 1 fully saturated rings. The quantitative estimate of drug-likeness (QED) is 0.573. The molecule has 2 heterocycles. The van der Waals surface area contributed by atoms with Crippen LogP contribution in [0.3, 0.4) is 0 Å². The summed E-state index contributed by atoms with van der Waals surface area (Å²) >= 11 is 0. The lowest BCUT2D eigenvalue weighted by Crippen LogP contribution is -2.47. The van der Waals surface area contributed by atoms with Crippen LogP contribution in [-0.4, -0.2) is 45.0 Å². The molecule has 3 aromatic rings. The molecule has 1 N–H and O–H groups in total. The van der Waals surface area contributed by atoms with Crippen molar-refractivity contribution in [1.29, 1.82) is 0 Å². The lowest BCUT2D eigenvalue weighted by Gasteiger charge is -2.27. The smallest absolute Gasteiger partial charge is 0.243 e. The molecular formula is C26H28F2N4O2. The molecule has 178 valence electrons. The minimum absolute atomic E-state index is 0.0221. The van der Waals surface area contributed by atoms with Crippen molar-refractivity contribution >= 4 is 11.8 Å². The van der Waals surface area contributed by atoms with Gasteiger partial charge in [-0.15, -0.1) is 0 Å². The van der Waals surface area contributed by atoms with Crippen molar-refractivity contribution in [3.63, 3.8) is 0 Å². The summed E-state index contributed by atoms with van der Waals surface area (Å²) in [6.45, 7) is 3.66. The lowest BCUT2D eigenvalue weighted by atomic mass is 9.94. The van der Waals surface area contributed by atoms with Crippen LogP contribution in [0.15, 0.2) is 67.3 Å². The monoisotopic (exact) mass is 466 g/mol. The molecule has 2 amide bonds. The first-order valence-electron chi connectivity index (χ1n) is 11.4. The number of imidazole rings is 1. The lowest BCUT2D eigenvalue weighted by molar-refractivity contribution is -0.139. The summed E-state index contributed by atoms with van der Waals surface area (Å²) in [7, 11) is 0. The van der Waals surface area contributed by atoms with Gasteiger partial charge in [0.2, 0.25) is 11.8 Å². The van der Waals surface area contributed by atoms with Gasteiger partial charge in [-0.3, -0.25) is 9.59 Å². The number of nitrogens with zero attached hydrogens (tertiary/aromatic N) is 3. The SMILES string of the molecule is CC(C)c1ccc([C@@H](NC(=O)[C@@H]2C[C@@H](F)CN2C(=O)Cn2ccnc2)c2ccccc2)cc1F. The second kappa shape index (κ2) is 10.2. The Balaban J connectivity index is 1.59. The number of likely N-dealkylation sites (tertiary alicyclic amines) is 1. The maximum atomic E-state index is 14.8. The zero-order valence-corrected chi connectivity index (χ0v) is 19.2. The van der Waals surface area contributed by atoms with E-state index in [1.54, 1.807) is 29.1 Å². The van der Waals surface area contributed by atoms with Crippen molar-refractivity contribution in [2.24, 2.45) is 0 Å². The molecule has 0 radical (unpaired) electrons. The molecule has 6 nitrogen and oxygen atoms in total. The molecule has 4 rings (SSSR count). The van der Waals surface area contributed by atoms with Gasteiger partial charge < -0.3 is 14.8 Å². The van der Waals surface area contributed by atoms with E-state index in [1.165, 1.54) is 17.3 Å². The van der Waals surface area contributed by atoms with E-state index < -0.39 is 24.2 Å². The van der Waals surface area contributed by atoms with Crippen LogP contribution in [-0.2, 0) is 16.1 Å². The summed E-state index contributed by atoms with van der Waals surface area (Å²) in [6, 6.07) is 12.6. The average molecular weight is 467 g/mol. The number of aromatic nitrogens is 2. The van der Waals surface area contributed by atoms with Crippen LogP contribution >= 0.6 is 0 Å². The van der Waals surface area contributed by atoms with Crippen LogP contribution in [0.25, 0.3) is 0 Å². The van der Waals surface area contributed by atoms with Gasteiger partial charge in [0.15, 0.2) is 0 Å². The molecule has 0 aliphatic carbocycles. The molecule has 2 aromatic carbocycles. The van der Waals surface area contributed by atoms with Crippen molar-refractivity contribution in [3.8, 4) is 0 Å². The van der Waals surface area contributed by atoms with E-state index >= 15 is 0 Å². The minimum atomic E-state index is -1.29. The molecule has 34 heavy (non-hydrogen) atoms. The van der Waals surface area contributed by atoms with Crippen LogP contribution < -0.4 is 5.32 Å². The summed E-state index contributed by atoms with van der Waals surface area (Å²) in [6.07, 6.45) is 3.31. The first-order valence-corrected chi connectivity index (χ1v) is 11.4. The highest BCUT2D eigenvalue weighted by Gasteiger charge is 2.40. The van der Waals surface area contributed by atoms with E-state index in [-0.39, 0.29) is 37.2 Å². The Kier molecular flexibility index (Phi) is 7.05. The van der Waals surface area contributed by atoms with Gasteiger partial charge in [-0.2, -0.15) is 0 Å². The number of alkyl halides is 1. The highest BCUT2D eigenvalue weighted by Crippen LogP contribution is 2.28. The second-order valence-electron chi connectivity index (χ2n) is 8.92. The van der Waals surface area contributed by atoms with Gasteiger partial charge in [-0.1, -0.05) is 56.3 Å². The standard InChI is InChI=1S/C26H28F2N4O2/c1-17(2)21-9-8-19(12-22(21)28)25(18-6-4-3-5-7-18)30-26(34)23-13-20(27)14-32(23)24(33)15-31-11-10-29-16-31/h3-12,16-17,20,23,25H,13-15H2,1-2H3,(H,30,34)/t20-,23+,25+/m1/s1. The van der Waals surface area contributed by atoms with E-state index in [0.717, 1.165) is 5.56 Å². The third-order valence-corrected chi connectivity index (χ3v) is 6.15. The number of carbonyl (C=O) groups is 2. The largest absolute Gasteiger partial charge is 0.343 e. The van der Waals surface area contributed by atoms with Gasteiger partial charge in [-0.25, -0.2) is 13.8 Å². The second-order valence-corrected chi connectivity index (χ2v) is 8.92. The van der Waals surface area contributed by atoms with Gasteiger partial charge in [0.05, 0.1) is 18.9 Å². The highest BCUT2D eigenvalue weighted by molar-refractivity contribution is 5.89. The highest BCUT2D eigenvalue weighted by atomic mass is 19.1. The van der Waals surface area contributed by atoms with Crippen LogP contribution in [0.1, 0.15) is 48.9 Å². The number of hydrogen-bond donors (Lipinski definition) is 1. The fraction of sp³-hybridized carbons (Fsp3) is 0.346. The Hall–Kier alpha value is -3.55. The fourth-order valence-corrected chi connectivity index (χ4v) is 4.37. The number of rotatable bonds is 7. The van der Waals surface area contributed by atoms with Crippen LogP contribution in [0.4, 0.5) is 8.78 Å². The Morgan fingerprint density at radius 3 is 2.56 bits per heavy atom. The molecule has 0 spiro atoms. The molecule has 8 heteroatoms. The number of nitrogens with one attached hydrogen (secondary N) is 1. The zero-order chi connectivity index (χ0) is 24.2. The van der Waals surface area contributed by atoms with Crippen molar-refractivity contribution < 1.29 is 18.4 Å². The van der Waals surface area contributed by atoms with E-state index in [2.05, 4.69) is 10.3 Å². The van der Waals surface area contributed by atoms with Crippen molar-refractivity contribution in [2.75, 3.05) is 6.54 Å². The van der Waals surface area contributed by atoms with Gasteiger partial charge in [0, 0.05) is 18.8 Å². The number of halogens is 2. The zero-order valence-electron chi connectivity index (χ0n) is 19.2. The van der Waals surface area contributed by atoms with Gasteiger partial charge in [0.25, 0.3) is 0 Å². The molecule has 1 saturated heterocycles. The predicted octanol–water partition coefficient (Wildman–Crippen LogP) is 3.99. The van der Waals surface area contributed by atoms with E-state index in [1.807, 2.05) is 44.2 Å². The van der Waals surface area contributed by atoms with Crippen molar-refractivity contribution in [2.45, 2.75) is 51.0 Å². The number of carbonyl (C=O) groups excluding carboxylic acids is 2. The maximum Gasteiger partial charge on any atom is 0.243 e. The van der Waals surface area contributed by atoms with Gasteiger partial charge >= 0.3 is 0 Å². The Labute approximate surface area is 197 Å². The van der Waals surface area contributed by atoms with E-state index in [4.69, 9.17) is 0 Å². The Morgan fingerprint density at radius 2 is 1.91 bits per heavy atom. The number of amides is 2. The summed E-state index contributed by atoms with van der Waals surface area (Å²) in [5.74, 6) is -1.15. The first-order chi connectivity index (χ1) is 16.3. The van der Waals surface area contributed by atoms with Gasteiger partial charge in [-0.05, 0) is 28.7 Å². The fourth-order valence-electron chi connectivity index (χ4n) is 4.37. The third-order valence-electron chi connectivity index (χ3n) is 6.15. The third kappa shape index (κ3) is 5.16. The number of hydrogen-bond acceptors (Lipinski definition) is 3. The van der Waals surface area contributed by atoms with E-state index in [0.29, 0.717) is 11.1 Å². The molecule has 1 aliphatic heterocycles. The molecule has 1 aromatic heterocycles. The van der Waals surface area contributed by atoms with Crippen LogP contribution in [0, 0.1) is 5.82 Å². The molecule has 1 aliphatic rings. The summed E-state index contributed by atoms with van der Waals surface area (Å²) in [5, 5.41) is 2.95. The van der Waals surface area contributed by atoms with E-state index in [9.17, 15) is 18.4 Å². The Morgan fingerprint density at radius 1 is 1.15 bits per heavy atom. The van der Waals surface area contributed by atoms with Crippen molar-refractivity contribution in [1.82, 2.24) is 19.8 Å². The average Bonchev–Trinajstić information content (AvgIpc) is 3.47. The van der Waals surface area contributed by atoms with Crippen LogP contribution in [0.2, 0.25) is 0 Å². The van der Waals surface area contributed by atoms with Crippen molar-refractivity contribution in [3.05, 3.63) is 89.8 Å². The summed E-state index contributed by atoms with van der Waals surface area (Å²) < 4.78 is 30.7. The minimum Gasteiger partial charge on any atom is -0.343 e. The molecule has 0 unspecified atom stereocenters. The number of benzene rings is 2. The van der Waals surface area contributed by atoms with Gasteiger partial charge in [0.1, 0.15) is 24.6 Å². The molecular weight excluding hydrogens is 438 g/mol. The summed E-state index contributed by atoms with van der Waals surface area (Å²) in [4.78, 5) is 31.4. The molecule has 0 bridgehead atoms. The Bertz CT molecular complexity index is 1130. The maximum absolute atomic E-state index is 14.8. The first kappa shape index (κ1) is 23.6.